The van der Waals surface area contributed by atoms with Crippen molar-refractivity contribution in [1.82, 2.24) is 0 Å². The van der Waals surface area contributed by atoms with Crippen LogP contribution < -0.4 is 4.74 Å². The maximum Gasteiger partial charge on any atom is 0.133 e. The van der Waals surface area contributed by atoms with Gasteiger partial charge in [-0.2, -0.15) is 0 Å². The first-order chi connectivity index (χ1) is 7.68. The summed E-state index contributed by atoms with van der Waals surface area (Å²) in [6.07, 6.45) is -0.797. The Kier molecular flexibility index (Phi) is 2.09. The fourth-order valence-electron chi connectivity index (χ4n) is 2.18. The monoisotopic (exact) mass is 234 g/mol. The summed E-state index contributed by atoms with van der Waals surface area (Å²) in [5.74, 6) is 0.764. The maximum absolute atomic E-state index is 9.95. The summed E-state index contributed by atoms with van der Waals surface area (Å²) < 4.78 is 5.68. The van der Waals surface area contributed by atoms with E-state index < -0.39 is 6.10 Å². The highest BCUT2D eigenvalue weighted by molar-refractivity contribution is 6.36. The molecule has 2 atom stereocenters. The Labute approximate surface area is 98.4 Å². The molecule has 2 aromatic carbocycles. The first-order valence-electron chi connectivity index (χ1n) is 5.24. The quantitative estimate of drug-likeness (QED) is 0.758. The van der Waals surface area contributed by atoms with Gasteiger partial charge in [-0.15, -0.1) is 0 Å². The van der Waals surface area contributed by atoms with Gasteiger partial charge in [-0.3, -0.25) is 0 Å². The third-order valence-electron chi connectivity index (χ3n) is 3.04. The van der Waals surface area contributed by atoms with Crippen LogP contribution >= 0.6 is 11.6 Å². The predicted octanol–water partition coefficient (Wildman–Crippen LogP) is 3.31. The Morgan fingerprint density at radius 3 is 2.69 bits per heavy atom. The summed E-state index contributed by atoms with van der Waals surface area (Å²) in [6, 6.07) is 9.60. The molecule has 2 nitrogen and oxygen atoms in total. The molecule has 2 aromatic rings. The van der Waals surface area contributed by atoms with Crippen LogP contribution in [0.2, 0.25) is 5.02 Å². The largest absolute Gasteiger partial charge is 0.487 e. The number of halogens is 1. The van der Waals surface area contributed by atoms with Gasteiger partial charge < -0.3 is 9.84 Å². The fourth-order valence-corrected chi connectivity index (χ4v) is 2.46. The Morgan fingerprint density at radius 1 is 1.25 bits per heavy atom. The van der Waals surface area contributed by atoms with Crippen LogP contribution in [-0.4, -0.2) is 11.2 Å². The van der Waals surface area contributed by atoms with Crippen molar-refractivity contribution in [2.24, 2.45) is 0 Å². The SMILES string of the molecule is CC1Oc2c(cc(Cl)c3ccccc23)C1O. The van der Waals surface area contributed by atoms with E-state index in [-0.39, 0.29) is 6.10 Å². The molecule has 16 heavy (non-hydrogen) atoms. The number of aliphatic hydroxyl groups excluding tert-OH is 1. The van der Waals surface area contributed by atoms with E-state index in [1.54, 1.807) is 6.07 Å². The first-order valence-corrected chi connectivity index (χ1v) is 5.62. The molecule has 0 bridgehead atoms. The molecule has 0 spiro atoms. The fraction of sp³-hybridized carbons (Fsp3) is 0.231. The minimum Gasteiger partial charge on any atom is -0.487 e. The Bertz CT molecular complexity index is 565. The van der Waals surface area contributed by atoms with Gasteiger partial charge >= 0.3 is 0 Å². The lowest BCUT2D eigenvalue weighted by molar-refractivity contribution is 0.0800. The molecule has 2 unspecified atom stereocenters. The van der Waals surface area contributed by atoms with E-state index >= 15 is 0 Å². The summed E-state index contributed by atoms with van der Waals surface area (Å²) in [5, 5.41) is 12.5. The molecule has 1 heterocycles. The topological polar surface area (TPSA) is 29.5 Å². The number of rotatable bonds is 0. The third kappa shape index (κ3) is 1.24. The van der Waals surface area contributed by atoms with Crippen molar-refractivity contribution in [1.29, 1.82) is 0 Å². The molecule has 1 N–H and O–H groups in total. The number of hydrogen-bond donors (Lipinski definition) is 1. The molecule has 3 heteroatoms. The molecular weight excluding hydrogens is 224 g/mol. The summed E-state index contributed by atoms with van der Waals surface area (Å²) in [7, 11) is 0. The van der Waals surface area contributed by atoms with Gasteiger partial charge in [0.05, 0.1) is 0 Å². The third-order valence-corrected chi connectivity index (χ3v) is 3.35. The highest BCUT2D eigenvalue weighted by atomic mass is 35.5. The van der Waals surface area contributed by atoms with Gasteiger partial charge in [-0.1, -0.05) is 35.9 Å². The zero-order chi connectivity index (χ0) is 11.3. The molecule has 0 saturated carbocycles. The molecule has 0 radical (unpaired) electrons. The smallest absolute Gasteiger partial charge is 0.133 e. The number of fused-ring (bicyclic) bond motifs is 3. The van der Waals surface area contributed by atoms with Crippen molar-refractivity contribution in [3.05, 3.63) is 40.9 Å². The molecule has 0 aromatic heterocycles. The molecule has 1 aliphatic heterocycles. The lowest BCUT2D eigenvalue weighted by atomic mass is 10.0. The van der Waals surface area contributed by atoms with Crippen LogP contribution in [0.15, 0.2) is 30.3 Å². The van der Waals surface area contributed by atoms with Crippen LogP contribution in [-0.2, 0) is 0 Å². The van der Waals surface area contributed by atoms with Crippen LogP contribution in [0, 0.1) is 0 Å². The van der Waals surface area contributed by atoms with E-state index in [1.807, 2.05) is 31.2 Å². The van der Waals surface area contributed by atoms with Crippen LogP contribution in [0.3, 0.4) is 0 Å². The van der Waals surface area contributed by atoms with Gasteiger partial charge in [0.2, 0.25) is 0 Å². The van der Waals surface area contributed by atoms with Gasteiger partial charge in [-0.25, -0.2) is 0 Å². The van der Waals surface area contributed by atoms with Crippen molar-refractivity contribution in [3.8, 4) is 5.75 Å². The number of benzene rings is 2. The maximum atomic E-state index is 9.95. The van der Waals surface area contributed by atoms with Crippen LogP contribution in [0.4, 0.5) is 0 Å². The Morgan fingerprint density at radius 2 is 1.94 bits per heavy atom. The minimum absolute atomic E-state index is 0.211. The molecule has 0 fully saturated rings. The van der Waals surface area contributed by atoms with Gasteiger partial charge in [-0.05, 0) is 13.0 Å². The summed E-state index contributed by atoms with van der Waals surface area (Å²) >= 11 is 6.19. The van der Waals surface area contributed by atoms with Gasteiger partial charge in [0.1, 0.15) is 18.0 Å². The summed E-state index contributed by atoms with van der Waals surface area (Å²) in [4.78, 5) is 0. The van der Waals surface area contributed by atoms with Crippen molar-refractivity contribution in [2.75, 3.05) is 0 Å². The van der Waals surface area contributed by atoms with Gasteiger partial charge in [0, 0.05) is 21.4 Å². The van der Waals surface area contributed by atoms with Gasteiger partial charge in [0.25, 0.3) is 0 Å². The summed E-state index contributed by atoms with van der Waals surface area (Å²) in [6.45, 7) is 1.85. The van der Waals surface area contributed by atoms with E-state index in [0.29, 0.717) is 5.02 Å². The predicted molar refractivity (Wildman–Crippen MR) is 64.0 cm³/mol. The standard InChI is InChI=1S/C13H11ClO2/c1-7-12(15)10-6-11(14)8-4-2-3-5-9(8)13(10)16-7/h2-7,12,15H,1H3. The van der Waals surface area contributed by atoms with Crippen LogP contribution in [0.1, 0.15) is 18.6 Å². The molecular formula is C13H11ClO2. The lowest BCUT2D eigenvalue weighted by Gasteiger charge is -2.07. The zero-order valence-corrected chi connectivity index (χ0v) is 9.53. The average Bonchev–Trinajstić information content (AvgIpc) is 2.57. The van der Waals surface area contributed by atoms with E-state index in [1.165, 1.54) is 0 Å². The van der Waals surface area contributed by atoms with Crippen LogP contribution in [0.5, 0.6) is 5.75 Å². The highest BCUT2D eigenvalue weighted by Crippen LogP contribution is 2.44. The Hall–Kier alpha value is -1.25. The molecule has 0 aliphatic carbocycles. The second-order valence-electron chi connectivity index (χ2n) is 4.09. The van der Waals surface area contributed by atoms with Crippen molar-refractivity contribution < 1.29 is 9.84 Å². The average molecular weight is 235 g/mol. The van der Waals surface area contributed by atoms with Gasteiger partial charge in [0.15, 0.2) is 0 Å². The molecule has 1 aliphatic rings. The Balaban J connectivity index is 2.38. The lowest BCUT2D eigenvalue weighted by Crippen LogP contribution is -2.12. The molecule has 0 amide bonds. The van der Waals surface area contributed by atoms with E-state index in [9.17, 15) is 5.11 Å². The van der Waals surface area contributed by atoms with Crippen molar-refractivity contribution in [2.45, 2.75) is 19.1 Å². The summed E-state index contributed by atoms with van der Waals surface area (Å²) in [5.41, 5.74) is 0.788. The van der Waals surface area contributed by atoms with Crippen molar-refractivity contribution >= 4 is 22.4 Å². The van der Waals surface area contributed by atoms with E-state index in [2.05, 4.69) is 0 Å². The van der Waals surface area contributed by atoms with Crippen LogP contribution in [0.25, 0.3) is 10.8 Å². The second-order valence-corrected chi connectivity index (χ2v) is 4.50. The normalized spacial score (nSPS) is 23.2. The molecule has 82 valence electrons. The number of aliphatic hydroxyl groups is 1. The van der Waals surface area contributed by atoms with E-state index in [0.717, 1.165) is 22.1 Å². The highest BCUT2D eigenvalue weighted by Gasteiger charge is 2.31. The molecule has 3 rings (SSSR count). The number of ether oxygens (including phenoxy) is 1. The number of hydrogen-bond acceptors (Lipinski definition) is 2. The molecule has 0 saturated heterocycles. The second kappa shape index (κ2) is 3.37. The van der Waals surface area contributed by atoms with E-state index in [4.69, 9.17) is 16.3 Å². The zero-order valence-electron chi connectivity index (χ0n) is 8.77. The first kappa shape index (κ1) is 9.94. The minimum atomic E-state index is -0.586. The van der Waals surface area contributed by atoms with Crippen molar-refractivity contribution in [3.63, 3.8) is 0 Å².